The van der Waals surface area contributed by atoms with Crippen molar-refractivity contribution in [2.24, 2.45) is 5.73 Å². The van der Waals surface area contributed by atoms with Crippen molar-refractivity contribution in [2.75, 3.05) is 13.6 Å². The van der Waals surface area contributed by atoms with Crippen molar-refractivity contribution in [1.82, 2.24) is 5.32 Å². The molecule has 0 unspecified atom stereocenters. The van der Waals surface area contributed by atoms with Crippen LogP contribution in [0.4, 0.5) is 0 Å². The summed E-state index contributed by atoms with van der Waals surface area (Å²) in [6.45, 7) is 6.58. The predicted octanol–water partition coefficient (Wildman–Crippen LogP) is -0.0169. The first-order chi connectivity index (χ1) is 4.81. The van der Waals surface area contributed by atoms with Crippen molar-refractivity contribution in [3.05, 3.63) is 0 Å². The van der Waals surface area contributed by atoms with Crippen LogP contribution < -0.4 is 11.1 Å². The van der Waals surface area contributed by atoms with Gasteiger partial charge in [0.2, 0.25) is 5.91 Å². The fourth-order valence-corrected chi connectivity index (χ4v) is 0.102. The zero-order chi connectivity index (χ0) is 8.99. The third-order valence-electron chi connectivity index (χ3n) is 0.464. The molecule has 0 heterocycles. The van der Waals surface area contributed by atoms with Crippen LogP contribution >= 0.6 is 0 Å². The Bertz CT molecular complexity index is 60.0. The van der Waals surface area contributed by atoms with Crippen LogP contribution in [0.3, 0.4) is 0 Å². The molecular formula is C6H17N3O. The zero-order valence-corrected chi connectivity index (χ0v) is 6.90. The maximum Gasteiger partial charge on any atom is 0.233 e. The zero-order valence-electron chi connectivity index (χ0n) is 6.90. The minimum Gasteiger partial charge on any atom is -0.358 e. The van der Waals surface area contributed by atoms with Crippen molar-refractivity contribution in [1.29, 1.82) is 5.41 Å². The van der Waals surface area contributed by atoms with Crippen LogP contribution in [0, 0.1) is 5.41 Å². The molecular weight excluding hydrogens is 130 g/mol. The molecule has 4 nitrogen and oxygen atoms in total. The Morgan fingerprint density at radius 1 is 1.60 bits per heavy atom. The highest BCUT2D eigenvalue weighted by molar-refractivity contribution is 5.77. The Hall–Kier alpha value is -0.900. The molecule has 4 N–H and O–H groups in total. The second-order valence-corrected chi connectivity index (χ2v) is 0.877. The highest BCUT2D eigenvalue weighted by Crippen LogP contribution is 1.46. The van der Waals surface area contributed by atoms with Crippen LogP contribution in [0.5, 0.6) is 0 Å². The largest absolute Gasteiger partial charge is 0.358 e. The number of rotatable bonds is 1. The summed E-state index contributed by atoms with van der Waals surface area (Å²) in [5.41, 5.74) is 4.87. The van der Waals surface area contributed by atoms with Crippen LogP contribution in [0.15, 0.2) is 0 Å². The van der Waals surface area contributed by atoms with Gasteiger partial charge >= 0.3 is 0 Å². The highest BCUT2D eigenvalue weighted by atomic mass is 16.1. The fraction of sp³-hybridized carbons (Fsp3) is 0.667. The number of likely N-dealkylation sites (N-methyl/N-ethyl adjacent to an activating group) is 1. The molecule has 62 valence electrons. The summed E-state index contributed by atoms with van der Waals surface area (Å²) < 4.78 is 0. The number of nitrogens with one attached hydrogen (secondary N) is 2. The van der Waals surface area contributed by atoms with E-state index in [0.29, 0.717) is 0 Å². The molecule has 0 saturated heterocycles. The summed E-state index contributed by atoms with van der Waals surface area (Å²) in [5.74, 6) is -0.130. The lowest BCUT2D eigenvalue weighted by Crippen LogP contribution is -2.26. The van der Waals surface area contributed by atoms with Gasteiger partial charge in [0, 0.05) is 7.05 Å². The predicted molar refractivity (Wildman–Crippen MR) is 44.3 cm³/mol. The minimum absolute atomic E-state index is 0.0799. The van der Waals surface area contributed by atoms with Crippen molar-refractivity contribution in [2.45, 2.75) is 13.8 Å². The fourth-order valence-electron chi connectivity index (χ4n) is 0.102. The van der Waals surface area contributed by atoms with Crippen molar-refractivity contribution in [3.63, 3.8) is 0 Å². The van der Waals surface area contributed by atoms with Gasteiger partial charge in [-0.25, -0.2) is 0 Å². The standard InChI is InChI=1S/C3H8N2O.C2H6.CH3N/c1-5-3(6)2-4;2*1-2/h2,4H2,1H3,(H,5,6);1-2H3;2H,1H2. The lowest BCUT2D eigenvalue weighted by molar-refractivity contribution is -0.119. The number of amides is 1. The minimum atomic E-state index is -0.130. The summed E-state index contributed by atoms with van der Waals surface area (Å²) in [7, 11) is 1.55. The normalized spacial score (nSPS) is 5.60. The Morgan fingerprint density at radius 2 is 1.90 bits per heavy atom. The van der Waals surface area contributed by atoms with Gasteiger partial charge in [0.05, 0.1) is 6.54 Å². The van der Waals surface area contributed by atoms with E-state index >= 15 is 0 Å². The van der Waals surface area contributed by atoms with Crippen LogP contribution in [-0.4, -0.2) is 26.2 Å². The van der Waals surface area contributed by atoms with E-state index in [1.807, 2.05) is 13.8 Å². The molecule has 0 aliphatic heterocycles. The molecule has 0 aromatic rings. The molecule has 1 amide bonds. The Morgan fingerprint density at radius 3 is 1.90 bits per heavy atom. The van der Waals surface area contributed by atoms with E-state index in [2.05, 4.69) is 12.0 Å². The van der Waals surface area contributed by atoms with Crippen LogP contribution in [0.25, 0.3) is 0 Å². The van der Waals surface area contributed by atoms with Gasteiger partial charge in [-0.05, 0) is 6.72 Å². The Labute approximate surface area is 62.3 Å². The average Bonchev–Trinajstić information content (AvgIpc) is 2.10. The summed E-state index contributed by atoms with van der Waals surface area (Å²) >= 11 is 0. The van der Waals surface area contributed by atoms with Gasteiger partial charge in [0.15, 0.2) is 0 Å². The number of hydrogen-bond acceptors (Lipinski definition) is 3. The van der Waals surface area contributed by atoms with Gasteiger partial charge in [0.1, 0.15) is 0 Å². The lowest BCUT2D eigenvalue weighted by Gasteiger charge is -1.87. The number of hydrogen-bond donors (Lipinski definition) is 3. The topological polar surface area (TPSA) is 79.0 Å². The first kappa shape index (κ1) is 16.0. The molecule has 0 saturated carbocycles. The molecule has 0 aliphatic rings. The van der Waals surface area contributed by atoms with E-state index < -0.39 is 0 Å². The lowest BCUT2D eigenvalue weighted by atomic mass is 10.6. The van der Waals surface area contributed by atoms with E-state index in [1.54, 1.807) is 7.05 Å². The summed E-state index contributed by atoms with van der Waals surface area (Å²) in [6.07, 6.45) is 0. The van der Waals surface area contributed by atoms with E-state index in [4.69, 9.17) is 11.1 Å². The van der Waals surface area contributed by atoms with Crippen LogP contribution in [-0.2, 0) is 4.79 Å². The van der Waals surface area contributed by atoms with Gasteiger partial charge in [-0.1, -0.05) is 13.8 Å². The Balaban J connectivity index is -0.000000105. The molecule has 0 aliphatic carbocycles. The SMILES string of the molecule is C=N.CC.CNC(=O)CN. The van der Waals surface area contributed by atoms with Gasteiger partial charge in [-0.3, -0.25) is 4.79 Å². The van der Waals surface area contributed by atoms with Crippen molar-refractivity contribution in [3.8, 4) is 0 Å². The average molecular weight is 147 g/mol. The molecule has 0 rings (SSSR count). The van der Waals surface area contributed by atoms with Crippen LogP contribution in [0.2, 0.25) is 0 Å². The van der Waals surface area contributed by atoms with Gasteiger partial charge < -0.3 is 16.5 Å². The summed E-state index contributed by atoms with van der Waals surface area (Å²) in [4.78, 5) is 9.94. The summed E-state index contributed by atoms with van der Waals surface area (Å²) in [5, 5.41) is 7.85. The smallest absolute Gasteiger partial charge is 0.233 e. The number of carbonyl (C=O) groups excluding carboxylic acids is 1. The second-order valence-electron chi connectivity index (χ2n) is 0.877. The maximum absolute atomic E-state index is 9.94. The Kier molecular flexibility index (Phi) is 39.0. The van der Waals surface area contributed by atoms with Gasteiger partial charge in [-0.15, -0.1) is 0 Å². The third kappa shape index (κ3) is 27.5. The van der Waals surface area contributed by atoms with E-state index in [-0.39, 0.29) is 12.5 Å². The molecule has 0 bridgehead atoms. The van der Waals surface area contributed by atoms with Crippen LogP contribution in [0.1, 0.15) is 13.8 Å². The molecule has 0 aromatic carbocycles. The molecule has 10 heavy (non-hydrogen) atoms. The number of nitrogens with two attached hydrogens (primary N) is 1. The quantitative estimate of drug-likeness (QED) is 0.456. The van der Waals surface area contributed by atoms with E-state index in [9.17, 15) is 4.79 Å². The third-order valence-corrected chi connectivity index (χ3v) is 0.464. The van der Waals surface area contributed by atoms with Gasteiger partial charge in [-0.2, -0.15) is 0 Å². The van der Waals surface area contributed by atoms with Crippen molar-refractivity contribution >= 4 is 12.6 Å². The monoisotopic (exact) mass is 147 g/mol. The molecule has 0 aromatic heterocycles. The van der Waals surface area contributed by atoms with Gasteiger partial charge in [0.25, 0.3) is 0 Å². The molecule has 0 spiro atoms. The number of carbonyl (C=O) groups is 1. The van der Waals surface area contributed by atoms with E-state index in [0.717, 1.165) is 0 Å². The summed E-state index contributed by atoms with van der Waals surface area (Å²) in [6, 6.07) is 0. The van der Waals surface area contributed by atoms with E-state index in [1.165, 1.54) is 0 Å². The molecule has 4 heteroatoms. The highest BCUT2D eigenvalue weighted by Gasteiger charge is 1.84. The first-order valence-electron chi connectivity index (χ1n) is 3.07. The molecule has 0 atom stereocenters. The molecule has 0 fully saturated rings. The second kappa shape index (κ2) is 24.3. The maximum atomic E-state index is 9.94. The first-order valence-corrected chi connectivity index (χ1v) is 3.07. The molecule has 0 radical (unpaired) electrons. The van der Waals surface area contributed by atoms with Crippen molar-refractivity contribution < 1.29 is 4.79 Å².